The average molecular weight is 355 g/mol. The molecule has 7 heteroatoms. The van der Waals surface area contributed by atoms with Crippen molar-refractivity contribution in [1.82, 2.24) is 20.1 Å². The Labute approximate surface area is 132 Å². The SMILES string of the molecule is COCCNCc1ncn(CCOc2ccc(Br)cc2)n1. The zero-order chi connectivity index (χ0) is 14.9. The highest BCUT2D eigenvalue weighted by atomic mass is 79.9. The molecule has 0 fully saturated rings. The van der Waals surface area contributed by atoms with E-state index >= 15 is 0 Å². The van der Waals surface area contributed by atoms with Crippen LogP contribution in [-0.4, -0.2) is 41.6 Å². The van der Waals surface area contributed by atoms with Crippen molar-refractivity contribution in [2.24, 2.45) is 0 Å². The summed E-state index contributed by atoms with van der Waals surface area (Å²) < 4.78 is 13.4. The van der Waals surface area contributed by atoms with E-state index in [1.807, 2.05) is 24.3 Å². The maximum Gasteiger partial charge on any atom is 0.164 e. The number of hydrogen-bond acceptors (Lipinski definition) is 5. The molecule has 114 valence electrons. The fourth-order valence-corrected chi connectivity index (χ4v) is 1.95. The predicted molar refractivity (Wildman–Crippen MR) is 83.2 cm³/mol. The molecule has 0 amide bonds. The van der Waals surface area contributed by atoms with E-state index in [9.17, 15) is 0 Å². The van der Waals surface area contributed by atoms with Gasteiger partial charge in [0.05, 0.1) is 19.7 Å². The number of hydrogen-bond donors (Lipinski definition) is 1. The van der Waals surface area contributed by atoms with E-state index in [2.05, 4.69) is 31.3 Å². The van der Waals surface area contributed by atoms with Crippen LogP contribution >= 0.6 is 15.9 Å². The van der Waals surface area contributed by atoms with Crippen LogP contribution in [0.25, 0.3) is 0 Å². The maximum atomic E-state index is 5.65. The molecule has 0 radical (unpaired) electrons. The lowest BCUT2D eigenvalue weighted by molar-refractivity contribution is 0.199. The molecule has 0 spiro atoms. The van der Waals surface area contributed by atoms with E-state index < -0.39 is 0 Å². The largest absolute Gasteiger partial charge is 0.492 e. The van der Waals surface area contributed by atoms with Crippen molar-refractivity contribution < 1.29 is 9.47 Å². The normalized spacial score (nSPS) is 10.8. The van der Waals surface area contributed by atoms with Gasteiger partial charge in [-0.1, -0.05) is 15.9 Å². The lowest BCUT2D eigenvalue weighted by Gasteiger charge is -2.05. The molecule has 0 saturated carbocycles. The van der Waals surface area contributed by atoms with Crippen LogP contribution in [0.5, 0.6) is 5.75 Å². The van der Waals surface area contributed by atoms with Crippen LogP contribution in [0.3, 0.4) is 0 Å². The number of halogens is 1. The minimum Gasteiger partial charge on any atom is -0.492 e. The highest BCUT2D eigenvalue weighted by Gasteiger charge is 2.01. The molecule has 1 aromatic carbocycles. The Morgan fingerprint density at radius 1 is 1.24 bits per heavy atom. The summed E-state index contributed by atoms with van der Waals surface area (Å²) in [6.07, 6.45) is 1.72. The molecule has 0 saturated heterocycles. The third-order valence-corrected chi connectivity index (χ3v) is 3.28. The Morgan fingerprint density at radius 2 is 2.05 bits per heavy atom. The van der Waals surface area contributed by atoms with Gasteiger partial charge in [-0.25, -0.2) is 9.67 Å². The minimum atomic E-state index is 0.557. The number of ether oxygens (including phenoxy) is 2. The third kappa shape index (κ3) is 5.82. The van der Waals surface area contributed by atoms with Crippen LogP contribution in [-0.2, 0) is 17.8 Å². The molecule has 0 atom stereocenters. The van der Waals surface area contributed by atoms with E-state index in [-0.39, 0.29) is 0 Å². The molecule has 1 heterocycles. The van der Waals surface area contributed by atoms with E-state index in [4.69, 9.17) is 9.47 Å². The molecule has 0 unspecified atom stereocenters. The van der Waals surface area contributed by atoms with Crippen LogP contribution in [0.2, 0.25) is 0 Å². The summed E-state index contributed by atoms with van der Waals surface area (Å²) in [5.41, 5.74) is 0. The lowest BCUT2D eigenvalue weighted by Crippen LogP contribution is -2.19. The molecule has 2 aromatic rings. The Kier molecular flexibility index (Phi) is 6.65. The van der Waals surface area contributed by atoms with Crippen molar-refractivity contribution in [2.75, 3.05) is 26.9 Å². The standard InChI is InChI=1S/C14H19BrN4O2/c1-20-8-6-16-10-14-17-11-19(18-14)7-9-21-13-4-2-12(15)3-5-13/h2-5,11,16H,6-10H2,1H3. The first-order valence-corrected chi connectivity index (χ1v) is 7.53. The number of nitrogens with one attached hydrogen (secondary N) is 1. The van der Waals surface area contributed by atoms with Crippen molar-refractivity contribution in [1.29, 1.82) is 0 Å². The predicted octanol–water partition coefficient (Wildman–Crippen LogP) is 1.86. The molecular formula is C14H19BrN4O2. The summed E-state index contributed by atoms with van der Waals surface area (Å²) in [5, 5.41) is 7.57. The second-order valence-electron chi connectivity index (χ2n) is 4.40. The number of methoxy groups -OCH3 is 1. The van der Waals surface area contributed by atoms with Gasteiger partial charge < -0.3 is 14.8 Å². The number of aromatic nitrogens is 3. The van der Waals surface area contributed by atoms with Gasteiger partial charge in [-0.3, -0.25) is 0 Å². The quantitative estimate of drug-likeness (QED) is 0.696. The minimum absolute atomic E-state index is 0.557. The fraction of sp³-hybridized carbons (Fsp3) is 0.429. The van der Waals surface area contributed by atoms with Crippen molar-refractivity contribution in [3.8, 4) is 5.75 Å². The summed E-state index contributed by atoms with van der Waals surface area (Å²) in [7, 11) is 1.68. The third-order valence-electron chi connectivity index (χ3n) is 2.75. The van der Waals surface area contributed by atoms with E-state index in [1.54, 1.807) is 18.1 Å². The monoisotopic (exact) mass is 354 g/mol. The highest BCUT2D eigenvalue weighted by Crippen LogP contribution is 2.15. The zero-order valence-corrected chi connectivity index (χ0v) is 13.5. The molecule has 2 rings (SSSR count). The molecule has 1 aromatic heterocycles. The Morgan fingerprint density at radius 3 is 2.81 bits per heavy atom. The van der Waals surface area contributed by atoms with E-state index in [1.165, 1.54) is 0 Å². The molecule has 0 aliphatic heterocycles. The van der Waals surface area contributed by atoms with Crippen molar-refractivity contribution in [3.05, 3.63) is 40.9 Å². The van der Waals surface area contributed by atoms with Gasteiger partial charge >= 0.3 is 0 Å². The summed E-state index contributed by atoms with van der Waals surface area (Å²) in [6, 6.07) is 7.76. The van der Waals surface area contributed by atoms with E-state index in [0.29, 0.717) is 26.3 Å². The van der Waals surface area contributed by atoms with Crippen molar-refractivity contribution in [2.45, 2.75) is 13.1 Å². The Hall–Kier alpha value is -1.44. The van der Waals surface area contributed by atoms with Crippen molar-refractivity contribution >= 4 is 15.9 Å². The lowest BCUT2D eigenvalue weighted by atomic mass is 10.3. The number of rotatable bonds is 9. The van der Waals surface area contributed by atoms with Crippen LogP contribution in [0, 0.1) is 0 Å². The molecule has 6 nitrogen and oxygen atoms in total. The second kappa shape index (κ2) is 8.76. The fourth-order valence-electron chi connectivity index (χ4n) is 1.68. The molecule has 0 bridgehead atoms. The molecule has 0 aliphatic rings. The van der Waals surface area contributed by atoms with Gasteiger partial charge in [0, 0.05) is 18.1 Å². The van der Waals surface area contributed by atoms with Gasteiger partial charge in [0.25, 0.3) is 0 Å². The first-order valence-electron chi connectivity index (χ1n) is 6.74. The Balaban J connectivity index is 1.69. The van der Waals surface area contributed by atoms with Gasteiger partial charge in [-0.2, -0.15) is 5.10 Å². The maximum absolute atomic E-state index is 5.65. The summed E-state index contributed by atoms with van der Waals surface area (Å²) in [6.45, 7) is 3.34. The van der Waals surface area contributed by atoms with Crippen LogP contribution in [0.15, 0.2) is 35.1 Å². The molecule has 0 aliphatic carbocycles. The number of nitrogens with zero attached hydrogens (tertiary/aromatic N) is 3. The average Bonchev–Trinajstić information content (AvgIpc) is 2.94. The van der Waals surface area contributed by atoms with Crippen molar-refractivity contribution in [3.63, 3.8) is 0 Å². The van der Waals surface area contributed by atoms with Gasteiger partial charge in [-0.15, -0.1) is 0 Å². The molecular weight excluding hydrogens is 336 g/mol. The van der Waals surface area contributed by atoms with Crippen LogP contribution < -0.4 is 10.1 Å². The summed E-state index contributed by atoms with van der Waals surface area (Å²) >= 11 is 3.39. The van der Waals surface area contributed by atoms with Gasteiger partial charge in [0.15, 0.2) is 5.82 Å². The highest BCUT2D eigenvalue weighted by molar-refractivity contribution is 9.10. The second-order valence-corrected chi connectivity index (χ2v) is 5.31. The van der Waals surface area contributed by atoms with Crippen LogP contribution in [0.4, 0.5) is 0 Å². The van der Waals surface area contributed by atoms with Gasteiger partial charge in [0.2, 0.25) is 0 Å². The van der Waals surface area contributed by atoms with Crippen LogP contribution in [0.1, 0.15) is 5.82 Å². The molecule has 1 N–H and O–H groups in total. The smallest absolute Gasteiger partial charge is 0.164 e. The number of benzene rings is 1. The Bertz CT molecular complexity index is 530. The topological polar surface area (TPSA) is 61.2 Å². The first-order chi connectivity index (χ1) is 10.3. The zero-order valence-electron chi connectivity index (χ0n) is 12.0. The summed E-state index contributed by atoms with van der Waals surface area (Å²) in [5.74, 6) is 1.62. The van der Waals surface area contributed by atoms with Gasteiger partial charge in [0.1, 0.15) is 18.7 Å². The first kappa shape index (κ1) is 15.9. The van der Waals surface area contributed by atoms with Gasteiger partial charge in [-0.05, 0) is 24.3 Å². The summed E-state index contributed by atoms with van der Waals surface area (Å²) in [4.78, 5) is 4.24. The molecule has 21 heavy (non-hydrogen) atoms. The van der Waals surface area contributed by atoms with E-state index in [0.717, 1.165) is 22.6 Å².